The quantitative estimate of drug-likeness (QED) is 0.162. The number of para-hydroxylation sites is 2. The lowest BCUT2D eigenvalue weighted by Crippen LogP contribution is -2.14. The first-order chi connectivity index (χ1) is 26.3. The van der Waals surface area contributed by atoms with Crippen LogP contribution in [-0.2, 0) is 6.42 Å². The van der Waals surface area contributed by atoms with Crippen molar-refractivity contribution < 1.29 is 0 Å². The van der Waals surface area contributed by atoms with Crippen molar-refractivity contribution in [3.8, 4) is 16.8 Å². The van der Waals surface area contributed by atoms with Crippen LogP contribution in [0.15, 0.2) is 149 Å². The van der Waals surface area contributed by atoms with Gasteiger partial charge in [0.2, 0.25) is 0 Å². The largest absolute Gasteiger partial charge is 0.310 e. The number of hydrogen-bond donors (Lipinski definition) is 2. The van der Waals surface area contributed by atoms with E-state index in [-0.39, 0.29) is 0 Å². The van der Waals surface area contributed by atoms with Gasteiger partial charge in [0.05, 0.1) is 16.7 Å². The van der Waals surface area contributed by atoms with Gasteiger partial charge in [-0.1, -0.05) is 91.9 Å². The van der Waals surface area contributed by atoms with E-state index in [1.807, 2.05) is 0 Å². The molecule has 0 saturated carbocycles. The average molecular weight is 735 g/mol. The maximum atomic E-state index is 5.19. The van der Waals surface area contributed by atoms with Gasteiger partial charge in [0.25, 0.3) is 0 Å². The third kappa shape index (κ3) is 5.34. The molecule has 1 heterocycles. The Balaban J connectivity index is 1.23. The van der Waals surface area contributed by atoms with Gasteiger partial charge in [-0.15, -0.1) is 25.3 Å². The van der Waals surface area contributed by atoms with Crippen LogP contribution in [-0.4, -0.2) is 4.57 Å². The number of benzene rings is 8. The lowest BCUT2D eigenvalue weighted by Gasteiger charge is -2.32. The van der Waals surface area contributed by atoms with Crippen LogP contribution in [0.25, 0.3) is 60.2 Å². The predicted molar refractivity (Wildman–Crippen MR) is 239 cm³/mol. The van der Waals surface area contributed by atoms with E-state index in [0.717, 1.165) is 27.6 Å². The van der Waals surface area contributed by atoms with Crippen molar-refractivity contribution in [2.45, 2.75) is 50.8 Å². The topological polar surface area (TPSA) is 8.17 Å². The molecule has 0 N–H and O–H groups in total. The molecule has 0 aliphatic heterocycles. The van der Waals surface area contributed by atoms with E-state index in [2.05, 4.69) is 184 Å². The van der Waals surface area contributed by atoms with Gasteiger partial charge in [-0.05, 0) is 144 Å². The van der Waals surface area contributed by atoms with E-state index in [4.69, 9.17) is 25.3 Å². The molecule has 0 atom stereocenters. The van der Waals surface area contributed by atoms with Gasteiger partial charge in [-0.3, -0.25) is 0 Å². The standard InChI is InChI=1S/C50H42N2S2/c1-6-41-32(4)49(53)47-33(5)48(31(3)30(2)46(47)50(41)54)51(40-26-22-34-14-10-11-15-36(34)28-40)39-24-20-35(21-25-39)37-23-27-45-43(29-37)42-18-12-13-19-44(42)52(45)38-16-8-7-9-17-38/h7-29,53-54H,6H2,1-5H3. The summed E-state index contributed by atoms with van der Waals surface area (Å²) >= 11 is 10.3. The molecule has 9 rings (SSSR count). The maximum absolute atomic E-state index is 5.19. The zero-order valence-electron chi connectivity index (χ0n) is 31.3. The van der Waals surface area contributed by atoms with E-state index in [1.165, 1.54) is 93.7 Å². The van der Waals surface area contributed by atoms with Gasteiger partial charge >= 0.3 is 0 Å². The molecule has 0 unspecified atom stereocenters. The Bertz CT molecular complexity index is 2920. The molecule has 264 valence electrons. The number of aromatic nitrogens is 1. The van der Waals surface area contributed by atoms with Crippen LogP contribution in [0.4, 0.5) is 17.1 Å². The van der Waals surface area contributed by atoms with Crippen molar-refractivity contribution in [3.05, 3.63) is 167 Å². The van der Waals surface area contributed by atoms with Crippen LogP contribution >= 0.6 is 25.3 Å². The molecule has 4 heteroatoms. The number of rotatable bonds is 6. The third-order valence-corrected chi connectivity index (χ3v) is 12.6. The molecule has 0 amide bonds. The molecule has 0 saturated heterocycles. The first-order valence-electron chi connectivity index (χ1n) is 18.7. The lowest BCUT2D eigenvalue weighted by molar-refractivity contribution is 1.04. The fourth-order valence-electron chi connectivity index (χ4n) is 8.69. The van der Waals surface area contributed by atoms with Crippen molar-refractivity contribution >= 4 is 85.7 Å². The molecule has 0 radical (unpaired) electrons. The summed E-state index contributed by atoms with van der Waals surface area (Å²) in [4.78, 5) is 4.56. The Kier molecular flexibility index (Phi) is 8.56. The van der Waals surface area contributed by atoms with Crippen molar-refractivity contribution in [2.24, 2.45) is 0 Å². The Morgan fingerprint density at radius 1 is 0.500 bits per heavy atom. The summed E-state index contributed by atoms with van der Waals surface area (Å²) in [5.74, 6) is 0. The summed E-state index contributed by atoms with van der Waals surface area (Å²) in [6, 6.07) is 50.7. The monoisotopic (exact) mass is 734 g/mol. The van der Waals surface area contributed by atoms with E-state index in [1.54, 1.807) is 0 Å². The highest BCUT2D eigenvalue weighted by Gasteiger charge is 2.25. The second-order valence-corrected chi connectivity index (χ2v) is 15.4. The summed E-state index contributed by atoms with van der Waals surface area (Å²) in [5.41, 5.74) is 15.5. The molecule has 0 bridgehead atoms. The molecular weight excluding hydrogens is 693 g/mol. The van der Waals surface area contributed by atoms with Gasteiger partial charge in [0.15, 0.2) is 0 Å². The van der Waals surface area contributed by atoms with Gasteiger partial charge in [-0.25, -0.2) is 0 Å². The van der Waals surface area contributed by atoms with Crippen LogP contribution in [0, 0.1) is 27.7 Å². The molecule has 1 aromatic heterocycles. The molecule has 0 spiro atoms. The second-order valence-electron chi connectivity index (χ2n) is 14.5. The van der Waals surface area contributed by atoms with Gasteiger partial charge in [-0.2, -0.15) is 0 Å². The van der Waals surface area contributed by atoms with E-state index < -0.39 is 0 Å². The summed E-state index contributed by atoms with van der Waals surface area (Å²) in [7, 11) is 0. The number of nitrogens with zero attached hydrogens (tertiary/aromatic N) is 2. The number of hydrogen-bond acceptors (Lipinski definition) is 3. The van der Waals surface area contributed by atoms with Crippen molar-refractivity contribution in [3.63, 3.8) is 0 Å². The minimum atomic E-state index is 0.922. The molecule has 2 nitrogen and oxygen atoms in total. The first-order valence-corrected chi connectivity index (χ1v) is 19.6. The number of fused-ring (bicyclic) bond motifs is 5. The molecule has 8 aromatic carbocycles. The highest BCUT2D eigenvalue weighted by molar-refractivity contribution is 7.81. The average Bonchev–Trinajstić information content (AvgIpc) is 3.54. The third-order valence-electron chi connectivity index (χ3n) is 11.6. The van der Waals surface area contributed by atoms with Crippen molar-refractivity contribution in [2.75, 3.05) is 4.90 Å². The van der Waals surface area contributed by atoms with Gasteiger partial charge in [0.1, 0.15) is 0 Å². The molecule has 0 aliphatic carbocycles. The van der Waals surface area contributed by atoms with Crippen molar-refractivity contribution in [1.29, 1.82) is 0 Å². The molecule has 0 aliphatic rings. The van der Waals surface area contributed by atoms with E-state index in [9.17, 15) is 0 Å². The highest BCUT2D eigenvalue weighted by Crippen LogP contribution is 2.48. The number of aryl methyl sites for hydroxylation is 2. The second kappa shape index (κ2) is 13.5. The maximum Gasteiger partial charge on any atom is 0.0541 e. The highest BCUT2D eigenvalue weighted by atomic mass is 32.1. The van der Waals surface area contributed by atoms with Crippen LogP contribution in [0.1, 0.15) is 34.7 Å². The molecule has 0 fully saturated rings. The Morgan fingerprint density at radius 3 is 1.89 bits per heavy atom. The smallest absolute Gasteiger partial charge is 0.0541 e. The van der Waals surface area contributed by atoms with Crippen LogP contribution < -0.4 is 4.90 Å². The summed E-state index contributed by atoms with van der Waals surface area (Å²) < 4.78 is 2.37. The number of anilines is 3. The fourth-order valence-corrected chi connectivity index (χ4v) is 9.71. The lowest BCUT2D eigenvalue weighted by atomic mass is 9.89. The number of thiol groups is 2. The first kappa shape index (κ1) is 34.4. The SMILES string of the molecule is CCc1c(C)c(S)c2c(C)c(N(c3ccc(-c4ccc5c(c4)c4ccccc4n5-c4ccccc4)cc3)c3ccc4ccccc4c3)c(C)c(C)c2c1S. The van der Waals surface area contributed by atoms with Crippen molar-refractivity contribution in [1.82, 2.24) is 4.57 Å². The Hall–Kier alpha value is -5.42. The predicted octanol–water partition coefficient (Wildman–Crippen LogP) is 14.6. The van der Waals surface area contributed by atoms with Gasteiger partial charge < -0.3 is 9.47 Å². The molecular formula is C50H42N2S2. The summed E-state index contributed by atoms with van der Waals surface area (Å²) in [6.45, 7) is 11.2. The zero-order valence-corrected chi connectivity index (χ0v) is 33.1. The minimum Gasteiger partial charge on any atom is -0.310 e. The normalized spacial score (nSPS) is 11.7. The Labute approximate surface area is 328 Å². The minimum absolute atomic E-state index is 0.922. The van der Waals surface area contributed by atoms with E-state index >= 15 is 0 Å². The summed E-state index contributed by atoms with van der Waals surface area (Å²) in [6.07, 6.45) is 0.922. The fraction of sp³-hybridized carbons (Fsp3) is 0.120. The summed E-state index contributed by atoms with van der Waals surface area (Å²) in [5, 5.41) is 7.33. The molecule has 9 aromatic rings. The van der Waals surface area contributed by atoms with Gasteiger partial charge in [0, 0.05) is 43.0 Å². The van der Waals surface area contributed by atoms with Crippen LogP contribution in [0.2, 0.25) is 0 Å². The Morgan fingerprint density at radius 2 is 1.13 bits per heavy atom. The van der Waals surface area contributed by atoms with Crippen LogP contribution in [0.5, 0.6) is 0 Å². The zero-order chi connectivity index (χ0) is 37.2. The van der Waals surface area contributed by atoms with Crippen LogP contribution in [0.3, 0.4) is 0 Å². The molecule has 54 heavy (non-hydrogen) atoms. The van der Waals surface area contributed by atoms with E-state index in [0.29, 0.717) is 0 Å².